The van der Waals surface area contributed by atoms with E-state index in [-0.39, 0.29) is 72.0 Å². The number of phenolic OH excluding ortho intramolecular Hbond substituents is 1. The Morgan fingerprint density at radius 2 is 2.00 bits per heavy atom. The van der Waals surface area contributed by atoms with Gasteiger partial charge < -0.3 is 41.5 Å². The van der Waals surface area contributed by atoms with Gasteiger partial charge >= 0.3 is 0 Å². The zero-order valence-electron chi connectivity index (χ0n) is 26.8. The van der Waals surface area contributed by atoms with Crippen molar-refractivity contribution >= 4 is 23.5 Å². The highest BCUT2D eigenvalue weighted by Crippen LogP contribution is 2.29. The summed E-state index contributed by atoms with van der Waals surface area (Å²) in [5, 5.41) is 53.1. The maximum Gasteiger partial charge on any atom is 0.270 e. The highest BCUT2D eigenvalue weighted by molar-refractivity contribution is 6.09. The van der Waals surface area contributed by atoms with Crippen LogP contribution in [0.5, 0.6) is 17.4 Å². The highest BCUT2D eigenvalue weighted by Gasteiger charge is 2.26. The number of methoxy groups -OCH3 is 2. The fraction of sp³-hybridized carbons (Fsp3) is 0.250. The van der Waals surface area contributed by atoms with E-state index in [1.165, 1.54) is 33.3 Å². The SMILES string of the molecule is CNc1cc(C(=O)NCc2ccc(OC)cc2O)nc(-c2nnc(C(=NCCC#N)/C(O)=C(/C)N)n2Cc2ccc(OC)nc2)c1C=N. The Bertz CT molecular complexity index is 1910. The van der Waals surface area contributed by atoms with E-state index in [1.54, 1.807) is 42.1 Å². The minimum absolute atomic E-state index is 0.00967. The van der Waals surface area contributed by atoms with Gasteiger partial charge in [0.25, 0.3) is 5.91 Å². The molecule has 48 heavy (non-hydrogen) atoms. The molecular formula is C32H35N11O5. The van der Waals surface area contributed by atoms with Gasteiger partial charge in [-0.05, 0) is 30.7 Å². The summed E-state index contributed by atoms with van der Waals surface area (Å²) >= 11 is 0. The molecule has 0 unspecified atom stereocenters. The van der Waals surface area contributed by atoms with Crippen LogP contribution in [0.2, 0.25) is 0 Å². The molecule has 0 aliphatic rings. The molecule has 4 aromatic rings. The van der Waals surface area contributed by atoms with E-state index in [0.29, 0.717) is 34.0 Å². The van der Waals surface area contributed by atoms with Crippen LogP contribution in [0.1, 0.15) is 46.3 Å². The third kappa shape index (κ3) is 7.65. The summed E-state index contributed by atoms with van der Waals surface area (Å²) in [6, 6.07) is 11.7. The Morgan fingerprint density at radius 1 is 1.21 bits per heavy atom. The Morgan fingerprint density at radius 3 is 2.60 bits per heavy atom. The van der Waals surface area contributed by atoms with Gasteiger partial charge in [-0.25, -0.2) is 9.97 Å². The molecular weight excluding hydrogens is 618 g/mol. The van der Waals surface area contributed by atoms with E-state index < -0.39 is 5.91 Å². The lowest BCUT2D eigenvalue weighted by Crippen LogP contribution is -2.25. The number of aliphatic hydroxyl groups is 1. The molecule has 1 amide bonds. The maximum absolute atomic E-state index is 13.4. The first-order chi connectivity index (χ1) is 23.1. The van der Waals surface area contributed by atoms with Crippen molar-refractivity contribution in [3.05, 3.63) is 82.3 Å². The molecule has 16 heteroatoms. The van der Waals surface area contributed by atoms with Crippen LogP contribution in [0, 0.1) is 16.7 Å². The van der Waals surface area contributed by atoms with Crippen molar-refractivity contribution < 1.29 is 24.5 Å². The monoisotopic (exact) mass is 653 g/mol. The number of rotatable bonds is 14. The summed E-state index contributed by atoms with van der Waals surface area (Å²) in [4.78, 5) is 26.7. The number of amides is 1. The van der Waals surface area contributed by atoms with Crippen LogP contribution >= 0.6 is 0 Å². The number of carbonyl (C=O) groups excluding carboxylic acids is 1. The van der Waals surface area contributed by atoms with Gasteiger partial charge in [0.2, 0.25) is 5.88 Å². The molecule has 0 saturated heterocycles. The number of nitrogens with two attached hydrogens (primary N) is 1. The number of pyridine rings is 2. The molecule has 0 bridgehead atoms. The number of carbonyl (C=O) groups is 1. The van der Waals surface area contributed by atoms with Gasteiger partial charge in [0.05, 0.1) is 39.8 Å². The van der Waals surface area contributed by atoms with Crippen LogP contribution in [0.4, 0.5) is 5.69 Å². The third-order valence-electron chi connectivity index (χ3n) is 7.05. The number of aliphatic imine (C=N–C) groups is 1. The normalized spacial score (nSPS) is 11.7. The lowest BCUT2D eigenvalue weighted by molar-refractivity contribution is 0.0946. The molecule has 3 heterocycles. The van der Waals surface area contributed by atoms with Gasteiger partial charge in [0.15, 0.2) is 17.4 Å². The largest absolute Gasteiger partial charge is 0.507 e. The van der Waals surface area contributed by atoms with E-state index in [4.69, 9.17) is 25.9 Å². The zero-order valence-corrected chi connectivity index (χ0v) is 26.8. The van der Waals surface area contributed by atoms with Crippen LogP contribution in [0.3, 0.4) is 0 Å². The summed E-state index contributed by atoms with van der Waals surface area (Å²) in [6.07, 6.45) is 2.73. The smallest absolute Gasteiger partial charge is 0.270 e. The highest BCUT2D eigenvalue weighted by atomic mass is 16.5. The van der Waals surface area contributed by atoms with Gasteiger partial charge in [-0.15, -0.1) is 10.2 Å². The van der Waals surface area contributed by atoms with Crippen LogP contribution in [0.15, 0.2) is 59.0 Å². The van der Waals surface area contributed by atoms with E-state index in [9.17, 15) is 15.0 Å². The average molecular weight is 654 g/mol. The predicted octanol–water partition coefficient (Wildman–Crippen LogP) is 2.93. The number of allylic oxidation sites excluding steroid dienone is 2. The number of phenols is 1. The van der Waals surface area contributed by atoms with Crippen molar-refractivity contribution in [2.75, 3.05) is 33.1 Å². The van der Waals surface area contributed by atoms with E-state index >= 15 is 0 Å². The second-order valence-electron chi connectivity index (χ2n) is 10.2. The molecule has 0 saturated carbocycles. The second-order valence-corrected chi connectivity index (χ2v) is 10.2. The Kier molecular flexibility index (Phi) is 11.2. The van der Waals surface area contributed by atoms with Gasteiger partial charge in [-0.2, -0.15) is 5.26 Å². The average Bonchev–Trinajstić information content (AvgIpc) is 3.51. The minimum atomic E-state index is -0.566. The van der Waals surface area contributed by atoms with Crippen molar-refractivity contribution in [2.24, 2.45) is 10.7 Å². The second kappa shape index (κ2) is 15.7. The number of nitrogens with one attached hydrogen (secondary N) is 3. The van der Waals surface area contributed by atoms with Gasteiger partial charge in [0, 0.05) is 60.6 Å². The van der Waals surface area contributed by atoms with E-state index in [0.717, 1.165) is 6.21 Å². The number of hydrogen-bond acceptors (Lipinski definition) is 14. The van der Waals surface area contributed by atoms with Gasteiger partial charge in [-0.1, -0.05) is 6.07 Å². The van der Waals surface area contributed by atoms with Crippen LogP contribution in [0.25, 0.3) is 11.5 Å². The molecule has 0 radical (unpaired) electrons. The van der Waals surface area contributed by atoms with Crippen LogP contribution < -0.4 is 25.8 Å². The summed E-state index contributed by atoms with van der Waals surface area (Å²) in [5.74, 6) is 0.115. The van der Waals surface area contributed by atoms with Crippen molar-refractivity contribution in [2.45, 2.75) is 26.4 Å². The first-order valence-corrected chi connectivity index (χ1v) is 14.5. The van der Waals surface area contributed by atoms with Crippen LogP contribution in [-0.2, 0) is 13.1 Å². The number of aromatic nitrogens is 5. The Hall–Kier alpha value is -6.50. The fourth-order valence-electron chi connectivity index (χ4n) is 4.55. The van der Waals surface area contributed by atoms with Gasteiger partial charge in [-0.3, -0.25) is 14.4 Å². The molecule has 248 valence electrons. The lowest BCUT2D eigenvalue weighted by Gasteiger charge is -2.16. The molecule has 0 aliphatic carbocycles. The number of anilines is 1. The fourth-order valence-corrected chi connectivity index (χ4v) is 4.55. The predicted molar refractivity (Wildman–Crippen MR) is 178 cm³/mol. The molecule has 1 aromatic carbocycles. The maximum atomic E-state index is 13.4. The van der Waals surface area contributed by atoms with Crippen molar-refractivity contribution in [1.29, 1.82) is 10.7 Å². The first-order valence-electron chi connectivity index (χ1n) is 14.5. The molecule has 0 fully saturated rings. The van der Waals surface area contributed by atoms with Crippen LogP contribution in [-0.4, -0.2) is 80.6 Å². The molecule has 0 aliphatic heterocycles. The first kappa shape index (κ1) is 34.4. The Balaban J connectivity index is 1.87. The molecule has 0 spiro atoms. The van der Waals surface area contributed by atoms with Gasteiger partial charge in [0.1, 0.15) is 28.6 Å². The topological polar surface area (TPSA) is 243 Å². The summed E-state index contributed by atoms with van der Waals surface area (Å²) < 4.78 is 11.9. The third-order valence-corrected chi connectivity index (χ3v) is 7.05. The molecule has 0 atom stereocenters. The van der Waals surface area contributed by atoms with E-state index in [1.807, 2.05) is 6.07 Å². The molecule has 16 nitrogen and oxygen atoms in total. The number of nitriles is 1. The zero-order chi connectivity index (χ0) is 34.8. The summed E-state index contributed by atoms with van der Waals surface area (Å²) in [6.45, 7) is 1.61. The van der Waals surface area contributed by atoms with Crippen molar-refractivity contribution in [3.63, 3.8) is 0 Å². The summed E-state index contributed by atoms with van der Waals surface area (Å²) in [7, 11) is 4.61. The van der Waals surface area contributed by atoms with Crippen molar-refractivity contribution in [3.8, 4) is 35.0 Å². The number of hydrogen-bond donors (Lipinski definition) is 6. The van der Waals surface area contributed by atoms with Crippen molar-refractivity contribution in [1.82, 2.24) is 30.0 Å². The standard InChI is InChI=1S/C32H35N11O5/c1-18(35)29(45)28(37-11-5-10-33)31-42-41-30(43(31)17-19-6-9-26(48-4)38-15-19)27-22(14-34)23(36-2)13-24(40-27)32(46)39-16-20-7-8-21(47-3)12-25(20)44/h6-9,12-15,34,44-45H,5,11,16-17,35H2,1-4H3,(H,36,40)(H,39,46)/b29-18+,34-14?,37-28?. The molecule has 3 aromatic heterocycles. The number of ether oxygens (including phenoxy) is 2. The molecule has 7 N–H and O–H groups in total. The number of aliphatic hydroxyl groups excluding tert-OH is 1. The number of benzene rings is 1. The Labute approximate surface area is 276 Å². The summed E-state index contributed by atoms with van der Waals surface area (Å²) in [5.41, 5.74) is 7.94. The lowest BCUT2D eigenvalue weighted by atomic mass is 10.1. The molecule has 4 rings (SSSR count). The minimum Gasteiger partial charge on any atom is -0.507 e. The van der Waals surface area contributed by atoms with E-state index in [2.05, 4.69) is 35.8 Å². The number of aromatic hydroxyl groups is 1. The quantitative estimate of drug-likeness (QED) is 0.0654. The number of nitrogens with zero attached hydrogens (tertiary/aromatic N) is 7.